The minimum absolute atomic E-state index is 0.151. The van der Waals surface area contributed by atoms with Crippen molar-refractivity contribution in [3.8, 4) is 0 Å². The Hall–Kier alpha value is -1.30. The van der Waals surface area contributed by atoms with Crippen molar-refractivity contribution in [3.63, 3.8) is 0 Å². The number of rotatable bonds is 4. The average Bonchev–Trinajstić information content (AvgIpc) is 3.20. The zero-order chi connectivity index (χ0) is 17.9. The number of hydrogen-bond donors (Lipinski definition) is 1. The normalized spacial score (nSPS) is 31.9. The molecule has 1 N–H and O–H groups in total. The highest BCUT2D eigenvalue weighted by Gasteiger charge is 2.40. The van der Waals surface area contributed by atoms with Gasteiger partial charge in [0.05, 0.1) is 12.7 Å². The topological polar surface area (TPSA) is 46.1 Å². The van der Waals surface area contributed by atoms with Crippen molar-refractivity contribution in [2.24, 2.45) is 4.99 Å². The fraction of sp³-hybridized carbons (Fsp3) is 0.650. The Morgan fingerprint density at radius 3 is 2.96 bits per heavy atom. The summed E-state index contributed by atoms with van der Waals surface area (Å²) in [6, 6.07) is 8.63. The van der Waals surface area contributed by atoms with Crippen molar-refractivity contribution in [1.29, 1.82) is 0 Å². The molecule has 2 heterocycles. The molecule has 2 saturated heterocycles. The molecule has 3 aliphatic rings. The molecule has 2 aliphatic heterocycles. The standard InChI is InChI=1S/C20H28ClN3O2/c1-2-22-20(23-17-12-16(17)14-5-3-6-15(21)11-14)24-8-10-26-19(13-24)18-7-4-9-25-18/h3,5-6,11,16-19H,2,4,7-10,12-13H2,1H3,(H,22,23). The van der Waals surface area contributed by atoms with E-state index in [1.54, 1.807) is 0 Å². The van der Waals surface area contributed by atoms with E-state index < -0.39 is 0 Å². The fourth-order valence-corrected chi connectivity index (χ4v) is 4.20. The summed E-state index contributed by atoms with van der Waals surface area (Å²) in [5, 5.41) is 4.49. The molecular weight excluding hydrogens is 350 g/mol. The average molecular weight is 378 g/mol. The first-order chi connectivity index (χ1) is 12.7. The lowest BCUT2D eigenvalue weighted by Crippen LogP contribution is -2.53. The SMILES string of the molecule is CCN=C(NC1CC1c1cccc(Cl)c1)N1CCOC(C2CCCO2)C1. The van der Waals surface area contributed by atoms with Crippen molar-refractivity contribution in [1.82, 2.24) is 10.2 Å². The number of benzene rings is 1. The fourth-order valence-electron chi connectivity index (χ4n) is 4.00. The van der Waals surface area contributed by atoms with Crippen LogP contribution in [0.3, 0.4) is 0 Å². The van der Waals surface area contributed by atoms with Crippen LogP contribution in [0.25, 0.3) is 0 Å². The molecule has 26 heavy (non-hydrogen) atoms. The Balaban J connectivity index is 1.38. The summed E-state index contributed by atoms with van der Waals surface area (Å²) in [6.45, 7) is 6.19. The largest absolute Gasteiger partial charge is 0.375 e. The van der Waals surface area contributed by atoms with Gasteiger partial charge >= 0.3 is 0 Å². The number of nitrogens with one attached hydrogen (secondary N) is 1. The molecule has 0 bridgehead atoms. The second kappa shape index (κ2) is 8.15. The van der Waals surface area contributed by atoms with Crippen LogP contribution < -0.4 is 5.32 Å². The van der Waals surface area contributed by atoms with E-state index in [2.05, 4.69) is 29.3 Å². The molecule has 3 fully saturated rings. The zero-order valence-corrected chi connectivity index (χ0v) is 16.1. The minimum atomic E-state index is 0.151. The number of halogens is 1. The van der Waals surface area contributed by atoms with E-state index in [1.807, 2.05) is 12.1 Å². The molecule has 4 unspecified atom stereocenters. The van der Waals surface area contributed by atoms with Crippen LogP contribution in [0.4, 0.5) is 0 Å². The lowest BCUT2D eigenvalue weighted by Gasteiger charge is -2.37. The Bertz CT molecular complexity index is 648. The van der Waals surface area contributed by atoms with Crippen molar-refractivity contribution in [3.05, 3.63) is 34.9 Å². The van der Waals surface area contributed by atoms with E-state index in [9.17, 15) is 0 Å². The van der Waals surface area contributed by atoms with Crippen molar-refractivity contribution in [2.75, 3.05) is 32.8 Å². The number of hydrogen-bond acceptors (Lipinski definition) is 3. The Morgan fingerprint density at radius 1 is 1.31 bits per heavy atom. The molecule has 0 spiro atoms. The molecule has 4 atom stereocenters. The monoisotopic (exact) mass is 377 g/mol. The number of ether oxygens (including phenoxy) is 2. The van der Waals surface area contributed by atoms with Gasteiger partial charge in [-0.2, -0.15) is 0 Å². The number of nitrogens with zero attached hydrogens (tertiary/aromatic N) is 2. The summed E-state index contributed by atoms with van der Waals surface area (Å²) < 4.78 is 11.8. The predicted octanol–water partition coefficient (Wildman–Crippen LogP) is 3.04. The summed E-state index contributed by atoms with van der Waals surface area (Å²) in [5.41, 5.74) is 1.31. The van der Waals surface area contributed by atoms with Crippen LogP contribution in [0.15, 0.2) is 29.3 Å². The molecule has 5 nitrogen and oxygen atoms in total. The van der Waals surface area contributed by atoms with E-state index in [1.165, 1.54) is 5.56 Å². The Kier molecular flexibility index (Phi) is 5.67. The second-order valence-electron chi connectivity index (χ2n) is 7.35. The van der Waals surface area contributed by atoms with Crippen LogP contribution in [-0.2, 0) is 9.47 Å². The van der Waals surface area contributed by atoms with E-state index in [4.69, 9.17) is 26.1 Å². The first kappa shape index (κ1) is 18.1. The Labute approximate surface area is 160 Å². The maximum atomic E-state index is 6.14. The van der Waals surface area contributed by atoms with Gasteiger partial charge in [-0.25, -0.2) is 0 Å². The lowest BCUT2D eigenvalue weighted by atomic mass is 10.1. The van der Waals surface area contributed by atoms with Gasteiger partial charge in [0, 0.05) is 43.2 Å². The van der Waals surface area contributed by atoms with Crippen molar-refractivity contribution >= 4 is 17.6 Å². The smallest absolute Gasteiger partial charge is 0.194 e. The molecule has 142 valence electrons. The van der Waals surface area contributed by atoms with E-state index in [0.29, 0.717) is 12.0 Å². The molecule has 1 saturated carbocycles. The molecule has 1 aromatic carbocycles. The lowest BCUT2D eigenvalue weighted by molar-refractivity contribution is -0.0817. The number of aliphatic imine (C=N–C) groups is 1. The van der Waals surface area contributed by atoms with Gasteiger partial charge in [0.25, 0.3) is 0 Å². The van der Waals surface area contributed by atoms with Gasteiger partial charge in [-0.1, -0.05) is 23.7 Å². The van der Waals surface area contributed by atoms with Gasteiger partial charge in [-0.3, -0.25) is 4.99 Å². The number of guanidine groups is 1. The van der Waals surface area contributed by atoms with Gasteiger partial charge in [-0.15, -0.1) is 0 Å². The highest BCUT2D eigenvalue weighted by molar-refractivity contribution is 6.30. The molecule has 1 aliphatic carbocycles. The van der Waals surface area contributed by atoms with Gasteiger partial charge in [0.1, 0.15) is 6.10 Å². The van der Waals surface area contributed by atoms with Crippen LogP contribution in [0.2, 0.25) is 5.02 Å². The third-order valence-corrected chi connectivity index (χ3v) is 5.70. The summed E-state index contributed by atoms with van der Waals surface area (Å²) in [7, 11) is 0. The van der Waals surface area contributed by atoms with Crippen LogP contribution >= 0.6 is 11.6 Å². The highest BCUT2D eigenvalue weighted by Crippen LogP contribution is 2.41. The van der Waals surface area contributed by atoms with Gasteiger partial charge in [-0.05, 0) is 43.9 Å². The highest BCUT2D eigenvalue weighted by atomic mass is 35.5. The van der Waals surface area contributed by atoms with Crippen LogP contribution in [-0.4, -0.2) is 62.0 Å². The maximum absolute atomic E-state index is 6.14. The molecular formula is C20H28ClN3O2. The minimum Gasteiger partial charge on any atom is -0.375 e. The third-order valence-electron chi connectivity index (χ3n) is 5.46. The quantitative estimate of drug-likeness (QED) is 0.647. The molecule has 0 amide bonds. The summed E-state index contributed by atoms with van der Waals surface area (Å²) in [5.74, 6) is 1.53. The predicted molar refractivity (Wildman–Crippen MR) is 104 cm³/mol. The molecule has 0 radical (unpaired) electrons. The first-order valence-electron chi connectivity index (χ1n) is 9.79. The van der Waals surface area contributed by atoms with Crippen LogP contribution in [0.5, 0.6) is 0 Å². The van der Waals surface area contributed by atoms with E-state index in [-0.39, 0.29) is 12.2 Å². The maximum Gasteiger partial charge on any atom is 0.194 e. The van der Waals surface area contributed by atoms with Gasteiger partial charge in [0.15, 0.2) is 5.96 Å². The molecule has 6 heteroatoms. The molecule has 4 rings (SSSR count). The first-order valence-corrected chi connectivity index (χ1v) is 10.2. The second-order valence-corrected chi connectivity index (χ2v) is 7.79. The number of morpholine rings is 1. The van der Waals surface area contributed by atoms with E-state index >= 15 is 0 Å². The van der Waals surface area contributed by atoms with E-state index in [0.717, 1.165) is 63.1 Å². The third kappa shape index (κ3) is 4.16. The van der Waals surface area contributed by atoms with Crippen molar-refractivity contribution in [2.45, 2.75) is 50.4 Å². The summed E-state index contributed by atoms with van der Waals surface area (Å²) >= 11 is 6.14. The summed E-state index contributed by atoms with van der Waals surface area (Å²) in [4.78, 5) is 7.08. The zero-order valence-electron chi connectivity index (χ0n) is 15.4. The van der Waals surface area contributed by atoms with Gasteiger partial charge < -0.3 is 19.7 Å². The van der Waals surface area contributed by atoms with Crippen LogP contribution in [0, 0.1) is 0 Å². The van der Waals surface area contributed by atoms with Crippen LogP contribution in [0.1, 0.15) is 37.7 Å². The molecule has 1 aromatic rings. The Morgan fingerprint density at radius 2 is 2.19 bits per heavy atom. The molecule has 0 aromatic heterocycles. The van der Waals surface area contributed by atoms with Gasteiger partial charge in [0.2, 0.25) is 0 Å². The summed E-state index contributed by atoms with van der Waals surface area (Å²) in [6.07, 6.45) is 3.76. The van der Waals surface area contributed by atoms with Crippen molar-refractivity contribution < 1.29 is 9.47 Å².